The number of nitro benzene ring substituents is 1. The van der Waals surface area contributed by atoms with Crippen molar-refractivity contribution < 1.29 is 9.34 Å². The van der Waals surface area contributed by atoms with Crippen molar-refractivity contribution >= 4 is 17.4 Å². The first-order valence-corrected chi connectivity index (χ1v) is 12.1. The molecule has 2 aliphatic rings. The van der Waals surface area contributed by atoms with Gasteiger partial charge < -0.3 is 20.4 Å². The second kappa shape index (κ2) is 9.46. The minimum atomic E-state index is -0.376. The molecule has 2 aromatic carbocycles. The van der Waals surface area contributed by atoms with Crippen molar-refractivity contribution in [1.82, 2.24) is 4.98 Å². The highest BCUT2D eigenvalue weighted by Crippen LogP contribution is 2.39. The first kappa shape index (κ1) is 22.4. The Morgan fingerprint density at radius 3 is 2.65 bits per heavy atom. The fraction of sp³-hybridized carbons (Fsp3) is 0.423. The molecule has 1 aliphatic carbocycles. The Labute approximate surface area is 199 Å². The van der Waals surface area contributed by atoms with Gasteiger partial charge in [-0.25, -0.2) is 4.98 Å². The minimum Gasteiger partial charge on any atom is -0.424 e. The summed E-state index contributed by atoms with van der Waals surface area (Å²) in [6.07, 6.45) is 8.05. The molecule has 0 spiro atoms. The molecule has 1 aromatic heterocycles. The van der Waals surface area contributed by atoms with Crippen LogP contribution in [0.15, 0.2) is 65.2 Å². The predicted octanol–water partition coefficient (Wildman–Crippen LogP) is 5.22. The van der Waals surface area contributed by atoms with Crippen LogP contribution in [0.1, 0.15) is 38.5 Å². The molecule has 2 unspecified atom stereocenters. The SMILES string of the molecule is N[C@]1(C2CCCN(c3ccc([N+](=O)[O-])cc3)C2)CCCCC1Nc1ncc(-c2ccccc2)o1. The van der Waals surface area contributed by atoms with Crippen molar-refractivity contribution in [2.24, 2.45) is 11.7 Å². The van der Waals surface area contributed by atoms with Crippen molar-refractivity contribution in [3.8, 4) is 11.3 Å². The van der Waals surface area contributed by atoms with Gasteiger partial charge in [0.15, 0.2) is 5.76 Å². The molecule has 0 amide bonds. The van der Waals surface area contributed by atoms with Crippen LogP contribution in [0.3, 0.4) is 0 Å². The van der Waals surface area contributed by atoms with Gasteiger partial charge in [0.2, 0.25) is 0 Å². The normalized spacial score (nSPS) is 25.1. The predicted molar refractivity (Wildman–Crippen MR) is 133 cm³/mol. The first-order valence-electron chi connectivity index (χ1n) is 12.1. The van der Waals surface area contributed by atoms with E-state index in [9.17, 15) is 10.1 Å². The van der Waals surface area contributed by atoms with Gasteiger partial charge in [-0.1, -0.05) is 43.2 Å². The number of oxazole rings is 1. The number of nitrogens with one attached hydrogen (secondary N) is 1. The van der Waals surface area contributed by atoms with E-state index in [1.807, 2.05) is 42.5 Å². The summed E-state index contributed by atoms with van der Waals surface area (Å²) in [5.74, 6) is 1.04. The second-order valence-electron chi connectivity index (χ2n) is 9.51. The van der Waals surface area contributed by atoms with E-state index in [0.717, 1.165) is 68.6 Å². The molecule has 0 bridgehead atoms. The summed E-state index contributed by atoms with van der Waals surface area (Å²) >= 11 is 0. The van der Waals surface area contributed by atoms with Crippen LogP contribution >= 0.6 is 0 Å². The number of benzene rings is 2. The molecular weight excluding hydrogens is 430 g/mol. The number of nitrogens with two attached hydrogens (primary N) is 1. The number of piperidine rings is 1. The molecule has 1 saturated carbocycles. The van der Waals surface area contributed by atoms with Crippen molar-refractivity contribution in [2.75, 3.05) is 23.3 Å². The summed E-state index contributed by atoms with van der Waals surface area (Å²) < 4.78 is 6.03. The maximum Gasteiger partial charge on any atom is 0.295 e. The van der Waals surface area contributed by atoms with Gasteiger partial charge in [-0.3, -0.25) is 10.1 Å². The third kappa shape index (κ3) is 4.50. The zero-order valence-electron chi connectivity index (χ0n) is 19.2. The van der Waals surface area contributed by atoms with E-state index >= 15 is 0 Å². The molecule has 34 heavy (non-hydrogen) atoms. The molecule has 1 saturated heterocycles. The lowest BCUT2D eigenvalue weighted by atomic mass is 9.67. The molecule has 5 rings (SSSR count). The summed E-state index contributed by atoms with van der Waals surface area (Å²) in [4.78, 5) is 17.5. The summed E-state index contributed by atoms with van der Waals surface area (Å²) in [5, 5.41) is 14.6. The van der Waals surface area contributed by atoms with Crippen molar-refractivity contribution in [3.05, 3.63) is 70.9 Å². The van der Waals surface area contributed by atoms with Crippen molar-refractivity contribution in [2.45, 2.75) is 50.1 Å². The highest BCUT2D eigenvalue weighted by atomic mass is 16.6. The molecule has 3 aromatic rings. The smallest absolute Gasteiger partial charge is 0.295 e. The largest absolute Gasteiger partial charge is 0.424 e. The van der Waals surface area contributed by atoms with Crippen LogP contribution in [-0.4, -0.2) is 34.6 Å². The molecule has 8 nitrogen and oxygen atoms in total. The monoisotopic (exact) mass is 461 g/mol. The minimum absolute atomic E-state index is 0.0744. The Morgan fingerprint density at radius 2 is 1.88 bits per heavy atom. The molecule has 8 heteroatoms. The lowest BCUT2D eigenvalue weighted by molar-refractivity contribution is -0.384. The molecular formula is C26H31N5O3. The van der Waals surface area contributed by atoms with Gasteiger partial charge >= 0.3 is 0 Å². The Balaban J connectivity index is 1.32. The van der Waals surface area contributed by atoms with Crippen LogP contribution in [0, 0.1) is 16.0 Å². The van der Waals surface area contributed by atoms with E-state index in [0.29, 0.717) is 11.9 Å². The van der Waals surface area contributed by atoms with Crippen molar-refractivity contribution in [3.63, 3.8) is 0 Å². The highest BCUT2D eigenvalue weighted by Gasteiger charge is 2.45. The number of hydrogen-bond acceptors (Lipinski definition) is 7. The van der Waals surface area contributed by atoms with Gasteiger partial charge in [0.05, 0.1) is 11.1 Å². The van der Waals surface area contributed by atoms with Gasteiger partial charge in [0.25, 0.3) is 11.7 Å². The fourth-order valence-electron chi connectivity index (χ4n) is 5.58. The molecule has 2 fully saturated rings. The summed E-state index contributed by atoms with van der Waals surface area (Å²) in [6, 6.07) is 17.4. The van der Waals surface area contributed by atoms with Gasteiger partial charge in [-0.2, -0.15) is 0 Å². The molecule has 178 valence electrons. The molecule has 0 radical (unpaired) electrons. The zero-order chi connectivity index (χ0) is 23.5. The quantitative estimate of drug-likeness (QED) is 0.382. The maximum absolute atomic E-state index is 11.0. The lowest BCUT2D eigenvalue weighted by Crippen LogP contribution is -2.63. The van der Waals surface area contributed by atoms with Crippen LogP contribution in [-0.2, 0) is 0 Å². The average Bonchev–Trinajstić information content (AvgIpc) is 3.35. The standard InChI is InChI=1S/C26H31N5O3/c27-26(20-9-6-16-30(18-20)21-11-13-22(14-12-21)31(32)33)15-5-4-10-24(26)29-25-28-17-23(34-25)19-7-2-1-3-8-19/h1-3,7-8,11-14,17,20,24H,4-6,9-10,15-16,18,27H2,(H,28,29)/t20?,24?,26-/m0/s1. The second-order valence-corrected chi connectivity index (χ2v) is 9.51. The average molecular weight is 462 g/mol. The number of rotatable bonds is 6. The number of nitro groups is 1. The topological polar surface area (TPSA) is 110 Å². The molecule has 1 aliphatic heterocycles. The van der Waals surface area contributed by atoms with Crippen LogP contribution in [0.4, 0.5) is 17.4 Å². The van der Waals surface area contributed by atoms with Gasteiger partial charge in [-0.15, -0.1) is 0 Å². The van der Waals surface area contributed by atoms with E-state index in [4.69, 9.17) is 10.2 Å². The van der Waals surface area contributed by atoms with Gasteiger partial charge in [0, 0.05) is 48.1 Å². The number of nitrogens with zero attached hydrogens (tertiary/aromatic N) is 3. The molecule has 2 heterocycles. The Morgan fingerprint density at radius 1 is 1.09 bits per heavy atom. The maximum atomic E-state index is 11.0. The Kier molecular flexibility index (Phi) is 6.24. The molecule has 3 N–H and O–H groups in total. The lowest BCUT2D eigenvalue weighted by Gasteiger charge is -2.50. The zero-order valence-corrected chi connectivity index (χ0v) is 19.2. The third-order valence-electron chi connectivity index (χ3n) is 7.47. The number of non-ortho nitro benzene ring substituents is 1. The van der Waals surface area contributed by atoms with Crippen LogP contribution in [0.25, 0.3) is 11.3 Å². The fourth-order valence-corrected chi connectivity index (χ4v) is 5.58. The van der Waals surface area contributed by atoms with E-state index < -0.39 is 0 Å². The third-order valence-corrected chi connectivity index (χ3v) is 7.47. The summed E-state index contributed by atoms with van der Waals surface area (Å²) in [7, 11) is 0. The van der Waals surface area contributed by atoms with Gasteiger partial charge in [0.1, 0.15) is 0 Å². The van der Waals surface area contributed by atoms with Crippen LogP contribution in [0.2, 0.25) is 0 Å². The van der Waals surface area contributed by atoms with E-state index in [1.165, 1.54) is 0 Å². The molecule has 3 atom stereocenters. The van der Waals surface area contributed by atoms with Gasteiger partial charge in [-0.05, 0) is 43.7 Å². The Hall–Kier alpha value is -3.39. The summed E-state index contributed by atoms with van der Waals surface area (Å²) in [6.45, 7) is 1.77. The Bertz CT molecular complexity index is 1120. The highest BCUT2D eigenvalue weighted by molar-refractivity contribution is 5.57. The van der Waals surface area contributed by atoms with E-state index in [-0.39, 0.29) is 22.2 Å². The van der Waals surface area contributed by atoms with E-state index in [2.05, 4.69) is 15.2 Å². The number of aromatic nitrogens is 1. The number of hydrogen-bond donors (Lipinski definition) is 2. The van der Waals surface area contributed by atoms with E-state index in [1.54, 1.807) is 18.3 Å². The summed E-state index contributed by atoms with van der Waals surface area (Å²) in [5.41, 5.74) is 8.95. The first-order chi connectivity index (χ1) is 16.5. The number of anilines is 2. The van der Waals surface area contributed by atoms with Crippen LogP contribution < -0.4 is 16.0 Å². The van der Waals surface area contributed by atoms with Crippen LogP contribution in [0.5, 0.6) is 0 Å². The van der Waals surface area contributed by atoms with Crippen molar-refractivity contribution in [1.29, 1.82) is 0 Å².